The Morgan fingerprint density at radius 3 is 2.74 bits per heavy atom. The van der Waals surface area contributed by atoms with Crippen LogP contribution in [0.4, 0.5) is 0 Å². The van der Waals surface area contributed by atoms with Crippen LogP contribution in [0.5, 0.6) is 5.75 Å². The van der Waals surface area contributed by atoms with E-state index < -0.39 is 11.6 Å². The number of nitrogens with one attached hydrogen (secondary N) is 1. The van der Waals surface area contributed by atoms with E-state index in [0.717, 1.165) is 6.42 Å². The summed E-state index contributed by atoms with van der Waals surface area (Å²) in [5, 5.41) is 12.4. The number of aliphatic hydroxyl groups excluding tert-OH is 1. The molecule has 0 heterocycles. The standard InChI is InChI=1S/C15H23NO3/c1-5-9-19-13-8-6-7-12(10-13)14(18)16-15(3,4)11(2)17/h6-8,10-11,17H,5,9H2,1-4H3,(H,16,18). The van der Waals surface area contributed by atoms with Crippen molar-refractivity contribution < 1.29 is 14.6 Å². The molecule has 2 N–H and O–H groups in total. The van der Waals surface area contributed by atoms with Crippen LogP contribution in [0.2, 0.25) is 0 Å². The molecule has 1 unspecified atom stereocenters. The topological polar surface area (TPSA) is 58.6 Å². The van der Waals surface area contributed by atoms with Crippen molar-refractivity contribution in [1.82, 2.24) is 5.32 Å². The molecular weight excluding hydrogens is 242 g/mol. The first kappa shape index (κ1) is 15.5. The molecule has 4 nitrogen and oxygen atoms in total. The van der Waals surface area contributed by atoms with Gasteiger partial charge in [0.05, 0.1) is 18.2 Å². The van der Waals surface area contributed by atoms with Gasteiger partial charge in [-0.2, -0.15) is 0 Å². The Bertz CT molecular complexity index is 427. The lowest BCUT2D eigenvalue weighted by Gasteiger charge is -2.29. The SMILES string of the molecule is CCCOc1cccc(C(=O)NC(C)(C)C(C)O)c1. The quantitative estimate of drug-likeness (QED) is 0.830. The zero-order valence-corrected chi connectivity index (χ0v) is 12.1. The molecule has 0 fully saturated rings. The number of aliphatic hydroxyl groups is 1. The summed E-state index contributed by atoms with van der Waals surface area (Å²) in [7, 11) is 0. The van der Waals surface area contributed by atoms with E-state index in [9.17, 15) is 9.90 Å². The number of benzene rings is 1. The normalized spacial score (nSPS) is 12.9. The molecule has 0 saturated carbocycles. The van der Waals surface area contributed by atoms with Crippen molar-refractivity contribution in [2.45, 2.75) is 45.8 Å². The van der Waals surface area contributed by atoms with Gasteiger partial charge >= 0.3 is 0 Å². The van der Waals surface area contributed by atoms with Crippen molar-refractivity contribution in [3.63, 3.8) is 0 Å². The Labute approximate surface area is 114 Å². The summed E-state index contributed by atoms with van der Waals surface area (Å²) in [5.41, 5.74) is -0.139. The van der Waals surface area contributed by atoms with E-state index in [2.05, 4.69) is 5.32 Å². The predicted octanol–water partition coefficient (Wildman–Crippen LogP) is 2.36. The third kappa shape index (κ3) is 4.56. The van der Waals surface area contributed by atoms with Gasteiger partial charge in [-0.15, -0.1) is 0 Å². The molecule has 1 atom stereocenters. The van der Waals surface area contributed by atoms with E-state index in [1.807, 2.05) is 13.0 Å². The molecule has 0 bridgehead atoms. The molecule has 0 spiro atoms. The van der Waals surface area contributed by atoms with Crippen LogP contribution >= 0.6 is 0 Å². The molecule has 0 radical (unpaired) electrons. The van der Waals surface area contributed by atoms with Gasteiger partial charge in [-0.3, -0.25) is 4.79 Å². The summed E-state index contributed by atoms with van der Waals surface area (Å²) < 4.78 is 5.49. The van der Waals surface area contributed by atoms with Crippen LogP contribution in [-0.2, 0) is 0 Å². The van der Waals surface area contributed by atoms with Crippen molar-refractivity contribution in [1.29, 1.82) is 0 Å². The third-order valence-electron chi connectivity index (χ3n) is 3.05. The van der Waals surface area contributed by atoms with E-state index in [-0.39, 0.29) is 5.91 Å². The predicted molar refractivity (Wildman–Crippen MR) is 75.5 cm³/mol. The van der Waals surface area contributed by atoms with Crippen LogP contribution < -0.4 is 10.1 Å². The first-order valence-electron chi connectivity index (χ1n) is 6.60. The second-order valence-electron chi connectivity index (χ2n) is 5.23. The molecule has 1 aromatic carbocycles. The van der Waals surface area contributed by atoms with Crippen LogP contribution in [0.3, 0.4) is 0 Å². The van der Waals surface area contributed by atoms with Crippen molar-refractivity contribution in [3.8, 4) is 5.75 Å². The molecule has 19 heavy (non-hydrogen) atoms. The van der Waals surface area contributed by atoms with Gasteiger partial charge < -0.3 is 15.2 Å². The second-order valence-corrected chi connectivity index (χ2v) is 5.23. The summed E-state index contributed by atoms with van der Waals surface area (Å²) in [5.74, 6) is 0.470. The fraction of sp³-hybridized carbons (Fsp3) is 0.533. The van der Waals surface area contributed by atoms with Crippen LogP contribution in [0, 0.1) is 0 Å². The van der Waals surface area contributed by atoms with E-state index in [1.54, 1.807) is 39.0 Å². The fourth-order valence-electron chi connectivity index (χ4n) is 1.42. The summed E-state index contributed by atoms with van der Waals surface area (Å²) in [4.78, 5) is 12.1. The highest BCUT2D eigenvalue weighted by atomic mass is 16.5. The molecule has 4 heteroatoms. The van der Waals surface area contributed by atoms with Crippen molar-refractivity contribution in [2.24, 2.45) is 0 Å². The number of carbonyl (C=O) groups is 1. The summed E-state index contributed by atoms with van der Waals surface area (Å²) in [6, 6.07) is 7.05. The average molecular weight is 265 g/mol. The molecule has 1 aromatic rings. The largest absolute Gasteiger partial charge is 0.494 e. The lowest BCUT2D eigenvalue weighted by atomic mass is 9.98. The number of amides is 1. The minimum atomic E-state index is -0.669. The summed E-state index contributed by atoms with van der Waals surface area (Å²) >= 11 is 0. The zero-order chi connectivity index (χ0) is 14.5. The number of rotatable bonds is 6. The number of hydrogen-bond acceptors (Lipinski definition) is 3. The van der Waals surface area contributed by atoms with Crippen molar-refractivity contribution in [3.05, 3.63) is 29.8 Å². The smallest absolute Gasteiger partial charge is 0.251 e. The lowest BCUT2D eigenvalue weighted by molar-refractivity contribution is 0.0709. The van der Waals surface area contributed by atoms with E-state index in [1.165, 1.54) is 0 Å². The van der Waals surface area contributed by atoms with Gasteiger partial charge in [0.1, 0.15) is 5.75 Å². The molecule has 1 rings (SSSR count). The highest BCUT2D eigenvalue weighted by Crippen LogP contribution is 2.15. The van der Waals surface area contributed by atoms with Crippen molar-refractivity contribution in [2.75, 3.05) is 6.61 Å². The highest BCUT2D eigenvalue weighted by molar-refractivity contribution is 5.95. The van der Waals surface area contributed by atoms with Gasteiger partial charge in [0, 0.05) is 5.56 Å². The molecule has 1 amide bonds. The maximum absolute atomic E-state index is 12.1. The third-order valence-corrected chi connectivity index (χ3v) is 3.05. The Hall–Kier alpha value is -1.55. The van der Waals surface area contributed by atoms with E-state index in [4.69, 9.17) is 4.74 Å². The van der Waals surface area contributed by atoms with Crippen molar-refractivity contribution >= 4 is 5.91 Å². The molecule has 0 aliphatic carbocycles. The molecule has 0 aromatic heterocycles. The Balaban J connectivity index is 2.77. The van der Waals surface area contributed by atoms with Gasteiger partial charge in [0.25, 0.3) is 5.91 Å². The minimum absolute atomic E-state index is 0.215. The second kappa shape index (κ2) is 6.57. The Morgan fingerprint density at radius 2 is 2.16 bits per heavy atom. The lowest BCUT2D eigenvalue weighted by Crippen LogP contribution is -2.50. The maximum atomic E-state index is 12.1. The van der Waals surface area contributed by atoms with Crippen LogP contribution in [-0.4, -0.2) is 29.3 Å². The fourth-order valence-corrected chi connectivity index (χ4v) is 1.42. The van der Waals surface area contributed by atoms with Crippen LogP contribution in [0.15, 0.2) is 24.3 Å². The van der Waals surface area contributed by atoms with Gasteiger partial charge in [-0.25, -0.2) is 0 Å². The molecular formula is C15H23NO3. The monoisotopic (exact) mass is 265 g/mol. The first-order valence-corrected chi connectivity index (χ1v) is 6.60. The maximum Gasteiger partial charge on any atom is 0.251 e. The first-order chi connectivity index (χ1) is 8.86. The summed E-state index contributed by atoms with van der Waals surface area (Å²) in [6.45, 7) is 7.88. The van der Waals surface area contributed by atoms with Gasteiger partial charge in [0.2, 0.25) is 0 Å². The van der Waals surface area contributed by atoms with Crippen LogP contribution in [0.1, 0.15) is 44.5 Å². The van der Waals surface area contributed by atoms with Gasteiger partial charge in [0.15, 0.2) is 0 Å². The zero-order valence-electron chi connectivity index (χ0n) is 12.1. The number of carbonyl (C=O) groups excluding carboxylic acids is 1. The molecule has 0 saturated heterocycles. The highest BCUT2D eigenvalue weighted by Gasteiger charge is 2.26. The molecule has 0 aliphatic heterocycles. The number of hydrogen-bond donors (Lipinski definition) is 2. The van der Waals surface area contributed by atoms with Gasteiger partial charge in [-0.1, -0.05) is 13.0 Å². The Kier molecular flexibility index (Phi) is 5.36. The summed E-state index contributed by atoms with van der Waals surface area (Å²) in [6.07, 6.45) is 0.293. The molecule has 0 aliphatic rings. The number of ether oxygens (including phenoxy) is 1. The van der Waals surface area contributed by atoms with E-state index >= 15 is 0 Å². The Morgan fingerprint density at radius 1 is 1.47 bits per heavy atom. The minimum Gasteiger partial charge on any atom is -0.494 e. The van der Waals surface area contributed by atoms with E-state index in [0.29, 0.717) is 17.9 Å². The van der Waals surface area contributed by atoms with Gasteiger partial charge in [-0.05, 0) is 45.4 Å². The average Bonchev–Trinajstić information content (AvgIpc) is 2.36. The molecule has 106 valence electrons. The van der Waals surface area contributed by atoms with Crippen LogP contribution in [0.25, 0.3) is 0 Å².